The highest BCUT2D eigenvalue weighted by Gasteiger charge is 2.32. The van der Waals surface area contributed by atoms with Crippen molar-refractivity contribution >= 4 is 11.6 Å². The number of benzene rings is 1. The number of ether oxygens (including phenoxy) is 1. The molecule has 90 valence electrons. The monoisotopic (exact) mass is 232 g/mol. The number of amides is 1. The molecule has 0 saturated heterocycles. The first-order chi connectivity index (χ1) is 8.28. The van der Waals surface area contributed by atoms with Gasteiger partial charge in [-0.2, -0.15) is 0 Å². The molecular formula is C13H16N2O2. The highest BCUT2D eigenvalue weighted by molar-refractivity contribution is 6.02. The number of rotatable bonds is 4. The van der Waals surface area contributed by atoms with Gasteiger partial charge in [-0.1, -0.05) is 6.07 Å². The molecule has 1 unspecified atom stereocenters. The summed E-state index contributed by atoms with van der Waals surface area (Å²) in [5.74, 6) is 1.57. The quantitative estimate of drug-likeness (QED) is 0.830. The van der Waals surface area contributed by atoms with E-state index in [1.165, 1.54) is 12.8 Å². The fraction of sp³-hybridized carbons (Fsp3) is 0.462. The molecule has 1 atom stereocenters. The summed E-state index contributed by atoms with van der Waals surface area (Å²) in [6.45, 7) is 0.934. The molecule has 1 aliphatic carbocycles. The molecule has 0 spiro atoms. The Kier molecular flexibility index (Phi) is 2.52. The molecule has 1 amide bonds. The minimum absolute atomic E-state index is 0.0360. The predicted molar refractivity (Wildman–Crippen MR) is 65.1 cm³/mol. The van der Waals surface area contributed by atoms with Crippen LogP contribution >= 0.6 is 0 Å². The van der Waals surface area contributed by atoms with Gasteiger partial charge in [0.15, 0.2) is 0 Å². The van der Waals surface area contributed by atoms with Gasteiger partial charge in [-0.15, -0.1) is 0 Å². The zero-order chi connectivity index (χ0) is 11.8. The molecule has 1 heterocycles. The Morgan fingerprint density at radius 1 is 1.47 bits per heavy atom. The molecule has 0 bridgehead atoms. The van der Waals surface area contributed by atoms with Crippen LogP contribution in [0.25, 0.3) is 0 Å². The van der Waals surface area contributed by atoms with E-state index >= 15 is 0 Å². The first-order valence-electron chi connectivity index (χ1n) is 6.00. The predicted octanol–water partition coefficient (Wildman–Crippen LogP) is 1.69. The number of hydrogen-bond acceptors (Lipinski definition) is 3. The summed E-state index contributed by atoms with van der Waals surface area (Å²) >= 11 is 0. The lowest BCUT2D eigenvalue weighted by atomic mass is 10.1. The molecule has 1 aromatic carbocycles. The van der Waals surface area contributed by atoms with Crippen LogP contribution in [-0.2, 0) is 4.79 Å². The van der Waals surface area contributed by atoms with E-state index in [-0.39, 0.29) is 11.9 Å². The first kappa shape index (κ1) is 10.6. The smallest absolute Gasteiger partial charge is 0.246 e. The normalized spacial score (nSPS) is 22.2. The maximum Gasteiger partial charge on any atom is 0.246 e. The van der Waals surface area contributed by atoms with E-state index in [9.17, 15) is 4.79 Å². The second-order valence-corrected chi connectivity index (χ2v) is 4.73. The van der Waals surface area contributed by atoms with Gasteiger partial charge >= 0.3 is 0 Å². The van der Waals surface area contributed by atoms with Gasteiger partial charge in [0, 0.05) is 17.3 Å². The lowest BCUT2D eigenvalue weighted by Crippen LogP contribution is -2.29. The van der Waals surface area contributed by atoms with Crippen LogP contribution in [0.1, 0.15) is 24.4 Å². The van der Waals surface area contributed by atoms with Gasteiger partial charge in [-0.3, -0.25) is 4.79 Å². The summed E-state index contributed by atoms with van der Waals surface area (Å²) in [7, 11) is 1.63. The van der Waals surface area contributed by atoms with Gasteiger partial charge in [0.25, 0.3) is 0 Å². The van der Waals surface area contributed by atoms with Crippen molar-refractivity contribution in [3.05, 3.63) is 23.8 Å². The van der Waals surface area contributed by atoms with Crippen LogP contribution in [0.15, 0.2) is 18.2 Å². The summed E-state index contributed by atoms with van der Waals surface area (Å²) in [6, 6.07) is 5.52. The number of carbonyl (C=O) groups is 1. The van der Waals surface area contributed by atoms with Crippen molar-refractivity contribution in [2.75, 3.05) is 19.0 Å². The second-order valence-electron chi connectivity index (χ2n) is 4.73. The van der Waals surface area contributed by atoms with Crippen LogP contribution in [0.2, 0.25) is 0 Å². The molecule has 17 heavy (non-hydrogen) atoms. The third-order valence-corrected chi connectivity index (χ3v) is 3.40. The van der Waals surface area contributed by atoms with Gasteiger partial charge in [0.05, 0.1) is 7.11 Å². The Morgan fingerprint density at radius 3 is 3.00 bits per heavy atom. The van der Waals surface area contributed by atoms with E-state index in [4.69, 9.17) is 4.74 Å². The first-order valence-corrected chi connectivity index (χ1v) is 6.00. The lowest BCUT2D eigenvalue weighted by Gasteiger charge is -2.10. The van der Waals surface area contributed by atoms with Crippen LogP contribution < -0.4 is 15.4 Å². The van der Waals surface area contributed by atoms with Crippen LogP contribution in [0.4, 0.5) is 5.69 Å². The molecule has 1 aromatic rings. The van der Waals surface area contributed by atoms with Crippen molar-refractivity contribution in [3.63, 3.8) is 0 Å². The van der Waals surface area contributed by atoms with E-state index < -0.39 is 0 Å². The fourth-order valence-corrected chi connectivity index (χ4v) is 2.18. The average Bonchev–Trinajstić information content (AvgIpc) is 3.10. The molecule has 0 aromatic heterocycles. The molecule has 0 radical (unpaired) electrons. The minimum atomic E-state index is -0.198. The van der Waals surface area contributed by atoms with Crippen LogP contribution in [0.5, 0.6) is 5.75 Å². The summed E-state index contributed by atoms with van der Waals surface area (Å²) in [4.78, 5) is 11.8. The number of hydrogen-bond donors (Lipinski definition) is 2. The fourth-order valence-electron chi connectivity index (χ4n) is 2.18. The molecular weight excluding hydrogens is 216 g/mol. The van der Waals surface area contributed by atoms with Crippen molar-refractivity contribution in [2.24, 2.45) is 5.92 Å². The zero-order valence-electron chi connectivity index (χ0n) is 9.82. The highest BCUT2D eigenvalue weighted by atomic mass is 16.5. The summed E-state index contributed by atoms with van der Waals surface area (Å²) in [5, 5.41) is 6.22. The van der Waals surface area contributed by atoms with E-state index in [0.29, 0.717) is 0 Å². The zero-order valence-corrected chi connectivity index (χ0v) is 9.82. The number of methoxy groups -OCH3 is 1. The van der Waals surface area contributed by atoms with Crippen LogP contribution in [0.3, 0.4) is 0 Å². The second kappa shape index (κ2) is 4.04. The molecule has 4 heteroatoms. The molecule has 1 aliphatic heterocycles. The van der Waals surface area contributed by atoms with E-state index in [1.807, 2.05) is 18.2 Å². The van der Waals surface area contributed by atoms with Crippen LogP contribution in [0, 0.1) is 5.92 Å². The minimum Gasteiger partial charge on any atom is -0.497 e. The molecule has 2 aliphatic rings. The number of fused-ring (bicyclic) bond motifs is 1. The maximum absolute atomic E-state index is 11.8. The molecule has 1 saturated carbocycles. The van der Waals surface area contributed by atoms with Gasteiger partial charge < -0.3 is 15.4 Å². The topological polar surface area (TPSA) is 50.4 Å². The lowest BCUT2D eigenvalue weighted by molar-refractivity contribution is -0.117. The largest absolute Gasteiger partial charge is 0.497 e. The van der Waals surface area contributed by atoms with Gasteiger partial charge in [-0.05, 0) is 31.4 Å². The number of anilines is 1. The van der Waals surface area contributed by atoms with E-state index in [2.05, 4.69) is 10.6 Å². The molecule has 4 nitrogen and oxygen atoms in total. The van der Waals surface area contributed by atoms with Crippen molar-refractivity contribution in [2.45, 2.75) is 18.9 Å². The summed E-state index contributed by atoms with van der Waals surface area (Å²) in [5.41, 5.74) is 1.89. The number of carbonyl (C=O) groups excluding carboxylic acids is 1. The molecule has 2 N–H and O–H groups in total. The Morgan fingerprint density at radius 2 is 2.29 bits per heavy atom. The highest BCUT2D eigenvalue weighted by Crippen LogP contribution is 2.35. The van der Waals surface area contributed by atoms with Gasteiger partial charge in [-0.25, -0.2) is 0 Å². The van der Waals surface area contributed by atoms with Crippen molar-refractivity contribution in [3.8, 4) is 5.75 Å². The Bertz CT molecular complexity index is 455. The Hall–Kier alpha value is -1.55. The van der Waals surface area contributed by atoms with Gasteiger partial charge in [0.2, 0.25) is 5.91 Å². The Labute approximate surface area is 100 Å². The summed E-state index contributed by atoms with van der Waals surface area (Å²) in [6.07, 6.45) is 2.58. The molecule has 1 fully saturated rings. The third-order valence-electron chi connectivity index (χ3n) is 3.40. The van der Waals surface area contributed by atoms with E-state index in [0.717, 1.165) is 29.5 Å². The van der Waals surface area contributed by atoms with E-state index in [1.54, 1.807) is 7.11 Å². The Balaban J connectivity index is 1.79. The van der Waals surface area contributed by atoms with Crippen molar-refractivity contribution in [1.29, 1.82) is 0 Å². The SMILES string of the molecule is COc1ccc2c(c1)NC(=O)C2NCC1CC1. The molecule has 3 rings (SSSR count). The maximum atomic E-state index is 11.8. The van der Waals surface area contributed by atoms with Crippen LogP contribution in [-0.4, -0.2) is 19.6 Å². The van der Waals surface area contributed by atoms with Crippen molar-refractivity contribution < 1.29 is 9.53 Å². The third kappa shape index (κ3) is 2.00. The standard InChI is InChI=1S/C13H16N2O2/c1-17-9-4-5-10-11(6-9)15-13(16)12(10)14-7-8-2-3-8/h4-6,8,12,14H,2-3,7H2,1H3,(H,15,16). The van der Waals surface area contributed by atoms with Gasteiger partial charge in [0.1, 0.15) is 11.8 Å². The number of nitrogens with one attached hydrogen (secondary N) is 2. The van der Waals surface area contributed by atoms with Crippen molar-refractivity contribution in [1.82, 2.24) is 5.32 Å². The average molecular weight is 232 g/mol. The summed E-state index contributed by atoms with van der Waals surface area (Å²) < 4.78 is 5.15.